The van der Waals surface area contributed by atoms with Crippen LogP contribution in [0.1, 0.15) is 51.5 Å². The number of aromatic nitrogens is 1. The summed E-state index contributed by atoms with van der Waals surface area (Å²) in [6, 6.07) is 8.19. The van der Waals surface area contributed by atoms with Crippen LogP contribution in [0.4, 0.5) is 0 Å². The van der Waals surface area contributed by atoms with Crippen LogP contribution in [-0.2, 0) is 30.2 Å². The second kappa shape index (κ2) is 11.1. The van der Waals surface area contributed by atoms with Crippen molar-refractivity contribution in [2.24, 2.45) is 0 Å². The quantitative estimate of drug-likeness (QED) is 0.449. The van der Waals surface area contributed by atoms with E-state index in [1.54, 1.807) is 27.7 Å². The summed E-state index contributed by atoms with van der Waals surface area (Å²) in [5, 5.41) is 2.52. The Morgan fingerprint density at radius 2 is 1.69 bits per heavy atom. The molecule has 2 aromatic rings. The molecule has 2 rings (SSSR count). The van der Waals surface area contributed by atoms with E-state index in [-0.39, 0.29) is 23.8 Å². The Kier molecular flexibility index (Phi) is 8.57. The Bertz CT molecular complexity index is 980. The molecule has 32 heavy (non-hydrogen) atoms. The molecule has 9 nitrogen and oxygen atoms in total. The fraction of sp³-hybridized carbons (Fsp3) is 0.391. The Morgan fingerprint density at radius 3 is 2.28 bits per heavy atom. The van der Waals surface area contributed by atoms with Crippen LogP contribution in [0.15, 0.2) is 30.3 Å². The number of aromatic amines is 1. The first-order chi connectivity index (χ1) is 15.1. The van der Waals surface area contributed by atoms with Gasteiger partial charge in [0.25, 0.3) is 5.91 Å². The molecule has 1 atom stereocenters. The molecule has 0 bridgehead atoms. The number of carbonyl (C=O) groups excluding carboxylic acids is 4. The number of ether oxygens (including phenoxy) is 3. The molecular formula is C23H28N2O7. The van der Waals surface area contributed by atoms with Gasteiger partial charge in [-0.2, -0.15) is 0 Å². The third kappa shape index (κ3) is 6.44. The van der Waals surface area contributed by atoms with Gasteiger partial charge in [0.05, 0.1) is 18.8 Å². The molecule has 0 radical (unpaired) electrons. The smallest absolute Gasteiger partial charge is 0.355 e. The third-order valence-electron chi connectivity index (χ3n) is 4.63. The van der Waals surface area contributed by atoms with Gasteiger partial charge in [0.2, 0.25) is 0 Å². The number of hydrogen-bond donors (Lipinski definition) is 2. The summed E-state index contributed by atoms with van der Waals surface area (Å²) in [4.78, 5) is 51.9. The maximum atomic E-state index is 12.5. The number of aryl methyl sites for hydroxylation is 1. The van der Waals surface area contributed by atoms with Gasteiger partial charge in [-0.3, -0.25) is 4.79 Å². The first-order valence-electron chi connectivity index (χ1n) is 10.1. The van der Waals surface area contributed by atoms with Gasteiger partial charge >= 0.3 is 17.9 Å². The van der Waals surface area contributed by atoms with Crippen LogP contribution < -0.4 is 5.32 Å². The third-order valence-corrected chi connectivity index (χ3v) is 4.63. The fourth-order valence-corrected chi connectivity index (χ4v) is 3.16. The number of carbonyl (C=O) groups is 4. The summed E-state index contributed by atoms with van der Waals surface area (Å²) in [5.74, 6) is -2.63. The zero-order valence-electron chi connectivity index (χ0n) is 18.8. The van der Waals surface area contributed by atoms with Crippen LogP contribution in [0.25, 0.3) is 0 Å². The molecule has 1 amide bonds. The van der Waals surface area contributed by atoms with E-state index in [0.29, 0.717) is 11.3 Å². The first-order valence-corrected chi connectivity index (χ1v) is 10.1. The van der Waals surface area contributed by atoms with Gasteiger partial charge in [0, 0.05) is 12.1 Å². The van der Waals surface area contributed by atoms with Crippen molar-refractivity contribution in [3.8, 4) is 0 Å². The fourth-order valence-electron chi connectivity index (χ4n) is 3.16. The molecule has 0 saturated carbocycles. The SMILES string of the molecule is COC(=O)[C@@H](Cc1ccccc1)NC(=O)COC(=O)c1[nH]c(C)c(C(=O)OC(C)C)c1C. The van der Waals surface area contributed by atoms with E-state index in [1.165, 1.54) is 7.11 Å². The van der Waals surface area contributed by atoms with Crippen molar-refractivity contribution in [2.75, 3.05) is 13.7 Å². The minimum Gasteiger partial charge on any atom is -0.467 e. The second-order valence-electron chi connectivity index (χ2n) is 7.49. The topological polar surface area (TPSA) is 124 Å². The normalized spacial score (nSPS) is 11.6. The number of benzene rings is 1. The highest BCUT2D eigenvalue weighted by molar-refractivity contribution is 5.99. The van der Waals surface area contributed by atoms with E-state index in [2.05, 4.69) is 10.3 Å². The lowest BCUT2D eigenvalue weighted by Crippen LogP contribution is -2.44. The molecule has 0 aliphatic heterocycles. The Hall–Kier alpha value is -3.62. The molecule has 1 aromatic heterocycles. The predicted octanol–water partition coefficient (Wildman–Crippen LogP) is 2.25. The lowest BCUT2D eigenvalue weighted by atomic mass is 10.1. The van der Waals surface area contributed by atoms with E-state index >= 15 is 0 Å². The van der Waals surface area contributed by atoms with Crippen LogP contribution in [-0.4, -0.2) is 54.7 Å². The molecule has 9 heteroatoms. The zero-order chi connectivity index (χ0) is 23.8. The number of rotatable bonds is 9. The van der Waals surface area contributed by atoms with Crippen molar-refractivity contribution in [3.63, 3.8) is 0 Å². The summed E-state index contributed by atoms with van der Waals surface area (Å²) >= 11 is 0. The lowest BCUT2D eigenvalue weighted by Gasteiger charge is -2.16. The summed E-state index contributed by atoms with van der Waals surface area (Å²) in [7, 11) is 1.23. The molecule has 2 N–H and O–H groups in total. The predicted molar refractivity (Wildman–Crippen MR) is 115 cm³/mol. The first kappa shape index (κ1) is 24.6. The number of esters is 3. The van der Waals surface area contributed by atoms with Gasteiger partial charge < -0.3 is 24.5 Å². The molecule has 1 heterocycles. The van der Waals surface area contributed by atoms with Crippen LogP contribution in [0, 0.1) is 13.8 Å². The van der Waals surface area contributed by atoms with E-state index in [1.807, 2.05) is 30.3 Å². The van der Waals surface area contributed by atoms with E-state index in [4.69, 9.17) is 14.2 Å². The highest BCUT2D eigenvalue weighted by Crippen LogP contribution is 2.20. The summed E-state index contributed by atoms with van der Waals surface area (Å²) in [6.45, 7) is 6.07. The molecule has 1 aromatic carbocycles. The van der Waals surface area contributed by atoms with E-state index in [9.17, 15) is 19.2 Å². The zero-order valence-corrected chi connectivity index (χ0v) is 18.8. The van der Waals surface area contributed by atoms with Crippen LogP contribution in [0.5, 0.6) is 0 Å². The molecule has 0 unspecified atom stereocenters. The molecule has 172 valence electrons. The van der Waals surface area contributed by atoms with Crippen LogP contribution in [0.3, 0.4) is 0 Å². The Morgan fingerprint density at radius 1 is 1.03 bits per heavy atom. The lowest BCUT2D eigenvalue weighted by molar-refractivity contribution is -0.145. The van der Waals surface area contributed by atoms with Crippen molar-refractivity contribution in [3.05, 3.63) is 58.4 Å². The second-order valence-corrected chi connectivity index (χ2v) is 7.49. The van der Waals surface area contributed by atoms with E-state index in [0.717, 1.165) is 5.56 Å². The van der Waals surface area contributed by atoms with Gasteiger partial charge in [-0.15, -0.1) is 0 Å². The van der Waals surface area contributed by atoms with Gasteiger partial charge in [-0.1, -0.05) is 30.3 Å². The average molecular weight is 444 g/mol. The van der Waals surface area contributed by atoms with E-state index < -0.39 is 36.5 Å². The minimum absolute atomic E-state index is 0.0554. The van der Waals surface area contributed by atoms with Crippen molar-refractivity contribution in [2.45, 2.75) is 46.3 Å². The number of hydrogen-bond acceptors (Lipinski definition) is 7. The molecule has 0 aliphatic rings. The number of amides is 1. The van der Waals surface area contributed by atoms with Crippen molar-refractivity contribution in [1.82, 2.24) is 10.3 Å². The largest absolute Gasteiger partial charge is 0.467 e. The minimum atomic E-state index is -0.930. The van der Waals surface area contributed by atoms with Crippen molar-refractivity contribution < 1.29 is 33.4 Å². The molecule has 0 aliphatic carbocycles. The van der Waals surface area contributed by atoms with Gasteiger partial charge in [0.1, 0.15) is 11.7 Å². The highest BCUT2D eigenvalue weighted by Gasteiger charge is 2.26. The molecule has 0 spiro atoms. The Balaban J connectivity index is 2.01. The van der Waals surface area contributed by atoms with Gasteiger partial charge in [-0.25, -0.2) is 14.4 Å². The monoisotopic (exact) mass is 444 g/mol. The average Bonchev–Trinajstić information content (AvgIpc) is 3.05. The number of methoxy groups -OCH3 is 1. The number of H-pyrrole nitrogens is 1. The summed E-state index contributed by atoms with van der Waals surface area (Å²) in [5.41, 5.74) is 1.97. The standard InChI is InChI=1S/C23H28N2O7/c1-13(2)32-22(28)19-14(3)20(24-15(19)4)23(29)31-12-18(26)25-17(21(27)30-5)11-16-9-7-6-8-10-16/h6-10,13,17,24H,11-12H2,1-5H3,(H,25,26)/t17-/m1/s1. The van der Waals surface area contributed by atoms with Crippen LogP contribution >= 0.6 is 0 Å². The Labute approximate surface area is 186 Å². The van der Waals surface area contributed by atoms with Crippen LogP contribution in [0.2, 0.25) is 0 Å². The highest BCUT2D eigenvalue weighted by atomic mass is 16.5. The maximum absolute atomic E-state index is 12.5. The molecule has 0 fully saturated rings. The molecular weight excluding hydrogens is 416 g/mol. The van der Waals surface area contributed by atoms with Crippen molar-refractivity contribution >= 4 is 23.8 Å². The maximum Gasteiger partial charge on any atom is 0.355 e. The van der Waals surface area contributed by atoms with Gasteiger partial charge in [-0.05, 0) is 38.8 Å². The molecule has 0 saturated heterocycles. The van der Waals surface area contributed by atoms with Crippen molar-refractivity contribution in [1.29, 1.82) is 0 Å². The summed E-state index contributed by atoms with van der Waals surface area (Å²) < 4.78 is 15.0. The van der Waals surface area contributed by atoms with Gasteiger partial charge in [0.15, 0.2) is 6.61 Å². The summed E-state index contributed by atoms with van der Waals surface area (Å²) in [6.07, 6.45) is -0.0855. The number of nitrogens with one attached hydrogen (secondary N) is 2.